The standard InChI is InChI=1S/C18H31NO/c1-3-4-5-6-8-11-16(2)19-18(15-20)14-17-12-9-7-10-13-17/h7,9-10,12-13,16,18-20H,3-6,8,11,14-15H2,1-2H3. The monoisotopic (exact) mass is 277 g/mol. The number of nitrogens with one attached hydrogen (secondary N) is 1. The van der Waals surface area contributed by atoms with Crippen molar-refractivity contribution in [3.63, 3.8) is 0 Å². The van der Waals surface area contributed by atoms with Crippen molar-refractivity contribution in [3.05, 3.63) is 35.9 Å². The van der Waals surface area contributed by atoms with E-state index >= 15 is 0 Å². The van der Waals surface area contributed by atoms with Gasteiger partial charge in [-0.3, -0.25) is 0 Å². The minimum absolute atomic E-state index is 0.169. The van der Waals surface area contributed by atoms with Crippen molar-refractivity contribution in [1.29, 1.82) is 0 Å². The summed E-state index contributed by atoms with van der Waals surface area (Å²) < 4.78 is 0. The van der Waals surface area contributed by atoms with Crippen molar-refractivity contribution in [1.82, 2.24) is 5.32 Å². The van der Waals surface area contributed by atoms with Gasteiger partial charge < -0.3 is 10.4 Å². The van der Waals surface area contributed by atoms with Gasteiger partial charge in [-0.1, -0.05) is 69.4 Å². The fourth-order valence-electron chi connectivity index (χ4n) is 2.61. The van der Waals surface area contributed by atoms with Crippen molar-refractivity contribution in [2.75, 3.05) is 6.61 Å². The molecule has 0 spiro atoms. The molecule has 0 heterocycles. The molecule has 20 heavy (non-hydrogen) atoms. The quantitative estimate of drug-likeness (QED) is 0.601. The Morgan fingerprint density at radius 1 is 1.05 bits per heavy atom. The Morgan fingerprint density at radius 3 is 2.40 bits per heavy atom. The van der Waals surface area contributed by atoms with E-state index < -0.39 is 0 Å². The lowest BCUT2D eigenvalue weighted by Gasteiger charge is -2.22. The Morgan fingerprint density at radius 2 is 1.75 bits per heavy atom. The van der Waals surface area contributed by atoms with Gasteiger partial charge in [0.25, 0.3) is 0 Å². The van der Waals surface area contributed by atoms with Gasteiger partial charge in [-0.2, -0.15) is 0 Å². The molecule has 114 valence electrons. The maximum absolute atomic E-state index is 9.52. The predicted octanol–water partition coefficient (Wildman–Crippen LogP) is 3.93. The molecular formula is C18H31NO. The van der Waals surface area contributed by atoms with Crippen LogP contribution in [0.3, 0.4) is 0 Å². The van der Waals surface area contributed by atoms with E-state index in [4.69, 9.17) is 0 Å². The SMILES string of the molecule is CCCCCCCC(C)NC(CO)Cc1ccccc1. The second-order valence-electron chi connectivity index (χ2n) is 5.84. The van der Waals surface area contributed by atoms with Crippen LogP contribution in [0.4, 0.5) is 0 Å². The molecule has 2 atom stereocenters. The van der Waals surface area contributed by atoms with Crippen LogP contribution < -0.4 is 5.32 Å². The van der Waals surface area contributed by atoms with E-state index in [-0.39, 0.29) is 12.6 Å². The van der Waals surface area contributed by atoms with Gasteiger partial charge in [0.15, 0.2) is 0 Å². The van der Waals surface area contributed by atoms with Crippen LogP contribution in [-0.4, -0.2) is 23.8 Å². The summed E-state index contributed by atoms with van der Waals surface area (Å²) in [5.74, 6) is 0. The molecule has 0 radical (unpaired) electrons. The van der Waals surface area contributed by atoms with Crippen LogP contribution >= 0.6 is 0 Å². The number of rotatable bonds is 11. The largest absolute Gasteiger partial charge is 0.395 e. The zero-order valence-corrected chi connectivity index (χ0v) is 13.1. The highest BCUT2D eigenvalue weighted by atomic mass is 16.3. The Kier molecular flexibility index (Phi) is 9.35. The normalized spacial score (nSPS) is 14.2. The summed E-state index contributed by atoms with van der Waals surface area (Å²) in [7, 11) is 0. The van der Waals surface area contributed by atoms with Gasteiger partial charge in [-0.25, -0.2) is 0 Å². The average Bonchev–Trinajstić information content (AvgIpc) is 2.47. The third-order valence-corrected chi connectivity index (χ3v) is 3.81. The molecule has 0 fully saturated rings. The number of aliphatic hydroxyl groups excluding tert-OH is 1. The lowest BCUT2D eigenvalue weighted by molar-refractivity contribution is 0.229. The molecular weight excluding hydrogens is 246 g/mol. The number of unbranched alkanes of at least 4 members (excludes halogenated alkanes) is 4. The maximum Gasteiger partial charge on any atom is 0.0587 e. The highest BCUT2D eigenvalue weighted by molar-refractivity contribution is 5.15. The van der Waals surface area contributed by atoms with Gasteiger partial charge in [0.2, 0.25) is 0 Å². The number of benzene rings is 1. The number of aliphatic hydroxyl groups is 1. The molecule has 0 aliphatic heterocycles. The van der Waals surface area contributed by atoms with Crippen LogP contribution in [0.2, 0.25) is 0 Å². The molecule has 0 saturated heterocycles. The zero-order valence-electron chi connectivity index (χ0n) is 13.1. The Hall–Kier alpha value is -0.860. The summed E-state index contributed by atoms with van der Waals surface area (Å²) in [5.41, 5.74) is 1.29. The van der Waals surface area contributed by atoms with Gasteiger partial charge in [0, 0.05) is 12.1 Å². The fraction of sp³-hybridized carbons (Fsp3) is 0.667. The van der Waals surface area contributed by atoms with Crippen LogP contribution in [0.5, 0.6) is 0 Å². The van der Waals surface area contributed by atoms with Crippen molar-refractivity contribution in [2.45, 2.75) is 70.9 Å². The van der Waals surface area contributed by atoms with Gasteiger partial charge in [-0.15, -0.1) is 0 Å². The van der Waals surface area contributed by atoms with E-state index in [0.717, 1.165) is 6.42 Å². The third-order valence-electron chi connectivity index (χ3n) is 3.81. The Balaban J connectivity index is 2.22. The molecule has 1 aromatic rings. The molecule has 1 aromatic carbocycles. The summed E-state index contributed by atoms with van der Waals surface area (Å²) in [6.07, 6.45) is 8.75. The Bertz CT molecular complexity index is 325. The summed E-state index contributed by atoms with van der Waals surface area (Å²) in [5, 5.41) is 13.1. The minimum Gasteiger partial charge on any atom is -0.395 e. The van der Waals surface area contributed by atoms with Gasteiger partial charge >= 0.3 is 0 Å². The molecule has 0 aliphatic carbocycles. The molecule has 0 aliphatic rings. The van der Waals surface area contributed by atoms with E-state index in [0.29, 0.717) is 6.04 Å². The summed E-state index contributed by atoms with van der Waals surface area (Å²) >= 11 is 0. The van der Waals surface area contributed by atoms with Crippen molar-refractivity contribution in [2.24, 2.45) is 0 Å². The molecule has 0 amide bonds. The van der Waals surface area contributed by atoms with E-state index in [1.165, 1.54) is 44.1 Å². The first-order valence-corrected chi connectivity index (χ1v) is 8.17. The topological polar surface area (TPSA) is 32.3 Å². The second-order valence-corrected chi connectivity index (χ2v) is 5.84. The summed E-state index contributed by atoms with van der Waals surface area (Å²) in [6, 6.07) is 11.0. The zero-order chi connectivity index (χ0) is 14.6. The lowest BCUT2D eigenvalue weighted by Crippen LogP contribution is -2.40. The number of hydrogen-bond acceptors (Lipinski definition) is 2. The Labute approximate surface area is 124 Å². The molecule has 0 saturated carbocycles. The predicted molar refractivity (Wildman–Crippen MR) is 87.0 cm³/mol. The molecule has 2 unspecified atom stereocenters. The molecule has 0 aromatic heterocycles. The first-order chi connectivity index (χ1) is 9.76. The van der Waals surface area contributed by atoms with E-state index in [2.05, 4.69) is 43.4 Å². The molecule has 2 heteroatoms. The lowest BCUT2D eigenvalue weighted by atomic mass is 10.0. The van der Waals surface area contributed by atoms with Gasteiger partial charge in [0.05, 0.1) is 6.61 Å². The molecule has 0 bridgehead atoms. The van der Waals surface area contributed by atoms with Gasteiger partial charge in [-0.05, 0) is 25.3 Å². The maximum atomic E-state index is 9.52. The molecule has 2 nitrogen and oxygen atoms in total. The second kappa shape index (κ2) is 10.9. The first-order valence-electron chi connectivity index (χ1n) is 8.17. The van der Waals surface area contributed by atoms with Crippen LogP contribution in [-0.2, 0) is 6.42 Å². The van der Waals surface area contributed by atoms with Crippen LogP contribution in [0.1, 0.15) is 57.9 Å². The van der Waals surface area contributed by atoms with E-state index in [9.17, 15) is 5.11 Å². The highest BCUT2D eigenvalue weighted by Gasteiger charge is 2.11. The average molecular weight is 277 g/mol. The number of hydrogen-bond donors (Lipinski definition) is 2. The highest BCUT2D eigenvalue weighted by Crippen LogP contribution is 2.09. The summed E-state index contributed by atoms with van der Waals surface area (Å²) in [6.45, 7) is 4.68. The molecule has 1 rings (SSSR count). The smallest absolute Gasteiger partial charge is 0.0587 e. The van der Waals surface area contributed by atoms with Crippen LogP contribution in [0.25, 0.3) is 0 Å². The van der Waals surface area contributed by atoms with Gasteiger partial charge in [0.1, 0.15) is 0 Å². The van der Waals surface area contributed by atoms with Crippen molar-refractivity contribution >= 4 is 0 Å². The first kappa shape index (κ1) is 17.2. The molecule has 2 N–H and O–H groups in total. The van der Waals surface area contributed by atoms with Crippen molar-refractivity contribution < 1.29 is 5.11 Å². The van der Waals surface area contributed by atoms with Crippen LogP contribution in [0.15, 0.2) is 30.3 Å². The third kappa shape index (κ3) is 7.66. The van der Waals surface area contributed by atoms with E-state index in [1.54, 1.807) is 0 Å². The fourth-order valence-corrected chi connectivity index (χ4v) is 2.61. The van der Waals surface area contributed by atoms with E-state index in [1.807, 2.05) is 6.07 Å². The van der Waals surface area contributed by atoms with Crippen LogP contribution in [0, 0.1) is 0 Å². The minimum atomic E-state index is 0.169. The summed E-state index contributed by atoms with van der Waals surface area (Å²) in [4.78, 5) is 0. The van der Waals surface area contributed by atoms with Crippen molar-refractivity contribution in [3.8, 4) is 0 Å².